The van der Waals surface area contributed by atoms with Crippen molar-refractivity contribution in [3.05, 3.63) is 35.4 Å². The molecule has 1 fully saturated rings. The van der Waals surface area contributed by atoms with Crippen LogP contribution in [-0.2, 0) is 0 Å². The van der Waals surface area contributed by atoms with Gasteiger partial charge in [-0.15, -0.1) is 0 Å². The molecule has 1 N–H and O–H groups in total. The second-order valence-corrected chi connectivity index (χ2v) is 4.51. The average molecular weight is 226 g/mol. The maximum atomic E-state index is 13.1. The Bertz CT molecular complexity index is 345. The highest BCUT2D eigenvalue weighted by Crippen LogP contribution is 2.32. The molecule has 3 heteroatoms. The van der Waals surface area contributed by atoms with E-state index in [0.717, 1.165) is 38.2 Å². The quantitative estimate of drug-likeness (QED) is 0.728. The van der Waals surface area contributed by atoms with Crippen molar-refractivity contribution >= 4 is 0 Å². The number of benzene rings is 1. The van der Waals surface area contributed by atoms with Crippen LogP contribution in [0.25, 0.3) is 0 Å². The Labute approximate surface area is 94.1 Å². The molecule has 0 aromatic heterocycles. The summed E-state index contributed by atoms with van der Waals surface area (Å²) < 4.78 is 26.2. The molecule has 16 heavy (non-hydrogen) atoms. The van der Waals surface area contributed by atoms with Gasteiger partial charge >= 0.3 is 0 Å². The van der Waals surface area contributed by atoms with Crippen LogP contribution in [0.15, 0.2) is 18.2 Å². The van der Waals surface area contributed by atoms with Gasteiger partial charge in [-0.05, 0) is 30.5 Å². The van der Waals surface area contributed by atoms with Gasteiger partial charge in [-0.2, -0.15) is 0 Å². The number of aliphatic hydroxyl groups excluding tert-OH is 1. The molecule has 0 saturated heterocycles. The fourth-order valence-electron chi connectivity index (χ4n) is 2.47. The monoisotopic (exact) mass is 226 g/mol. The van der Waals surface area contributed by atoms with Crippen molar-refractivity contribution in [3.63, 3.8) is 0 Å². The normalized spacial score (nSPS) is 26.4. The smallest absolute Gasteiger partial charge is 0.126 e. The van der Waals surface area contributed by atoms with Crippen LogP contribution >= 0.6 is 0 Å². The van der Waals surface area contributed by atoms with Crippen LogP contribution in [0.3, 0.4) is 0 Å². The average Bonchev–Trinajstić information content (AvgIpc) is 2.41. The Morgan fingerprint density at radius 1 is 0.938 bits per heavy atom. The van der Waals surface area contributed by atoms with Crippen molar-refractivity contribution < 1.29 is 13.9 Å². The molecule has 0 radical (unpaired) electrons. The van der Waals surface area contributed by atoms with Crippen LogP contribution < -0.4 is 0 Å². The maximum Gasteiger partial charge on any atom is 0.126 e. The summed E-state index contributed by atoms with van der Waals surface area (Å²) in [7, 11) is 0. The third-order valence-electron chi connectivity index (χ3n) is 3.29. The third-order valence-corrected chi connectivity index (χ3v) is 3.29. The topological polar surface area (TPSA) is 20.2 Å². The van der Waals surface area contributed by atoms with Crippen molar-refractivity contribution in [3.8, 4) is 0 Å². The van der Waals surface area contributed by atoms with Crippen LogP contribution in [0.4, 0.5) is 8.78 Å². The summed E-state index contributed by atoms with van der Waals surface area (Å²) in [6.45, 7) is 0. The van der Waals surface area contributed by atoms with Crippen molar-refractivity contribution in [2.45, 2.75) is 44.1 Å². The summed E-state index contributed by atoms with van der Waals surface area (Å²) in [4.78, 5) is 0. The van der Waals surface area contributed by atoms with E-state index in [0.29, 0.717) is 5.56 Å². The van der Waals surface area contributed by atoms with Crippen LogP contribution in [0.1, 0.15) is 43.6 Å². The van der Waals surface area contributed by atoms with E-state index < -0.39 is 17.7 Å². The molecule has 1 aliphatic rings. The summed E-state index contributed by atoms with van der Waals surface area (Å²) in [5.41, 5.74) is 0.590. The van der Waals surface area contributed by atoms with Gasteiger partial charge in [-0.25, -0.2) is 8.78 Å². The third kappa shape index (κ3) is 2.59. The molecule has 1 nitrogen and oxygen atoms in total. The predicted molar refractivity (Wildman–Crippen MR) is 58.2 cm³/mol. The van der Waals surface area contributed by atoms with Crippen molar-refractivity contribution in [2.75, 3.05) is 0 Å². The van der Waals surface area contributed by atoms with E-state index in [1.807, 2.05) is 0 Å². The largest absolute Gasteiger partial charge is 0.392 e. The first-order valence-electron chi connectivity index (χ1n) is 5.81. The summed E-state index contributed by atoms with van der Waals surface area (Å²) >= 11 is 0. The van der Waals surface area contributed by atoms with Crippen molar-refractivity contribution in [1.82, 2.24) is 0 Å². The first-order chi connectivity index (χ1) is 7.66. The molecule has 1 aliphatic carbocycles. The standard InChI is InChI=1S/C13H16F2O/c14-10-6-9(7-11(15)8-10)12-4-2-1-3-5-13(12)16/h6-8,12-13,16H,1-5H2. The molecule has 1 saturated carbocycles. The second-order valence-electron chi connectivity index (χ2n) is 4.51. The predicted octanol–water partition coefficient (Wildman–Crippen LogP) is 3.37. The summed E-state index contributed by atoms with van der Waals surface area (Å²) in [6, 6.07) is 3.54. The molecule has 0 aliphatic heterocycles. The van der Waals surface area contributed by atoms with Crippen molar-refractivity contribution in [2.24, 2.45) is 0 Å². The first kappa shape index (κ1) is 11.5. The lowest BCUT2D eigenvalue weighted by Gasteiger charge is -2.20. The Hall–Kier alpha value is -0.960. The molecule has 0 bridgehead atoms. The van der Waals surface area contributed by atoms with Gasteiger partial charge in [0.1, 0.15) is 11.6 Å². The molecule has 2 unspecified atom stereocenters. The second kappa shape index (κ2) is 4.91. The Morgan fingerprint density at radius 3 is 2.25 bits per heavy atom. The molecule has 2 atom stereocenters. The Kier molecular flexibility index (Phi) is 3.54. The number of hydrogen-bond donors (Lipinski definition) is 1. The lowest BCUT2D eigenvalue weighted by molar-refractivity contribution is 0.135. The van der Waals surface area contributed by atoms with Crippen LogP contribution in [0.2, 0.25) is 0 Å². The van der Waals surface area contributed by atoms with Gasteiger partial charge in [0.2, 0.25) is 0 Å². The van der Waals surface area contributed by atoms with Gasteiger partial charge in [0, 0.05) is 12.0 Å². The molecule has 2 rings (SSSR count). The lowest BCUT2D eigenvalue weighted by atomic mass is 9.89. The van der Waals surface area contributed by atoms with E-state index in [4.69, 9.17) is 0 Å². The molecular formula is C13H16F2O. The van der Waals surface area contributed by atoms with Gasteiger partial charge in [-0.1, -0.05) is 19.3 Å². The Morgan fingerprint density at radius 2 is 1.56 bits per heavy atom. The van der Waals surface area contributed by atoms with Crippen LogP contribution in [0.5, 0.6) is 0 Å². The zero-order valence-electron chi connectivity index (χ0n) is 9.13. The van der Waals surface area contributed by atoms with Crippen molar-refractivity contribution in [1.29, 1.82) is 0 Å². The number of rotatable bonds is 1. The van der Waals surface area contributed by atoms with E-state index >= 15 is 0 Å². The number of hydrogen-bond acceptors (Lipinski definition) is 1. The van der Waals surface area contributed by atoms with E-state index in [-0.39, 0.29) is 5.92 Å². The SMILES string of the molecule is OC1CCCCCC1c1cc(F)cc(F)c1. The fraction of sp³-hybridized carbons (Fsp3) is 0.538. The minimum absolute atomic E-state index is 0.118. The fourth-order valence-corrected chi connectivity index (χ4v) is 2.47. The van der Waals surface area contributed by atoms with Crippen LogP contribution in [0, 0.1) is 11.6 Å². The number of aliphatic hydroxyl groups is 1. The van der Waals surface area contributed by atoms with Crippen LogP contribution in [-0.4, -0.2) is 11.2 Å². The summed E-state index contributed by atoms with van der Waals surface area (Å²) in [6.07, 6.45) is 4.16. The van der Waals surface area contributed by atoms with E-state index in [2.05, 4.69) is 0 Å². The minimum atomic E-state index is -0.563. The summed E-state index contributed by atoms with van der Waals surface area (Å²) in [5, 5.41) is 9.94. The molecule has 0 spiro atoms. The minimum Gasteiger partial charge on any atom is -0.392 e. The molecule has 0 amide bonds. The Balaban J connectivity index is 2.26. The highest BCUT2D eigenvalue weighted by molar-refractivity contribution is 5.23. The highest BCUT2D eigenvalue weighted by atomic mass is 19.1. The van der Waals surface area contributed by atoms with Gasteiger partial charge < -0.3 is 5.11 Å². The van der Waals surface area contributed by atoms with Gasteiger partial charge in [0.05, 0.1) is 6.10 Å². The highest BCUT2D eigenvalue weighted by Gasteiger charge is 2.23. The molecule has 1 aromatic carbocycles. The van der Waals surface area contributed by atoms with E-state index in [1.54, 1.807) is 0 Å². The lowest BCUT2D eigenvalue weighted by Crippen LogP contribution is -2.17. The summed E-state index contributed by atoms with van der Waals surface area (Å²) in [5.74, 6) is -1.24. The molecule has 88 valence electrons. The maximum absolute atomic E-state index is 13.1. The van der Waals surface area contributed by atoms with Gasteiger partial charge in [0.15, 0.2) is 0 Å². The van der Waals surface area contributed by atoms with Gasteiger partial charge in [-0.3, -0.25) is 0 Å². The van der Waals surface area contributed by atoms with Gasteiger partial charge in [0.25, 0.3) is 0 Å². The van der Waals surface area contributed by atoms with E-state index in [1.165, 1.54) is 12.1 Å². The first-order valence-corrected chi connectivity index (χ1v) is 5.81. The zero-order valence-corrected chi connectivity index (χ0v) is 9.13. The molecular weight excluding hydrogens is 210 g/mol. The zero-order chi connectivity index (χ0) is 11.5. The van der Waals surface area contributed by atoms with E-state index in [9.17, 15) is 13.9 Å². The number of halogens is 2. The molecule has 1 aromatic rings. The molecule has 0 heterocycles.